The Labute approximate surface area is 136 Å². The maximum atomic E-state index is 12.1. The largest absolute Gasteiger partial charge is 0.378 e. The fraction of sp³-hybridized carbons (Fsp3) is 0.846. The van der Waals surface area contributed by atoms with Crippen LogP contribution in [-0.2, 0) is 14.3 Å². The molecule has 2 saturated heterocycles. The van der Waals surface area contributed by atoms with E-state index >= 15 is 0 Å². The van der Waals surface area contributed by atoms with Crippen LogP contribution in [0.3, 0.4) is 0 Å². The van der Waals surface area contributed by atoms with Gasteiger partial charge in [-0.15, -0.1) is 24.2 Å². The number of hydrogen-bond donors (Lipinski definition) is 1. The van der Waals surface area contributed by atoms with Gasteiger partial charge in [0.25, 0.3) is 0 Å². The van der Waals surface area contributed by atoms with Gasteiger partial charge in [-0.2, -0.15) is 0 Å². The minimum Gasteiger partial charge on any atom is -0.378 e. The van der Waals surface area contributed by atoms with Crippen molar-refractivity contribution in [1.82, 2.24) is 15.1 Å². The summed E-state index contributed by atoms with van der Waals surface area (Å²) >= 11 is 1.42. The van der Waals surface area contributed by atoms with Crippen molar-refractivity contribution in [3.05, 3.63) is 0 Å². The van der Waals surface area contributed by atoms with Gasteiger partial charge in [0.05, 0.1) is 24.7 Å². The number of thioether (sulfide) groups is 1. The second-order valence-electron chi connectivity index (χ2n) is 5.13. The summed E-state index contributed by atoms with van der Waals surface area (Å²) in [5, 5.41) is 3.26. The van der Waals surface area contributed by atoms with E-state index in [0.29, 0.717) is 37.8 Å². The quantitative estimate of drug-likeness (QED) is 0.771. The van der Waals surface area contributed by atoms with E-state index in [4.69, 9.17) is 4.74 Å². The van der Waals surface area contributed by atoms with Gasteiger partial charge >= 0.3 is 0 Å². The molecule has 0 aromatic heterocycles. The minimum atomic E-state index is 0. The van der Waals surface area contributed by atoms with Crippen LogP contribution in [0, 0.1) is 0 Å². The number of nitrogens with zero attached hydrogens (tertiary/aromatic N) is 2. The summed E-state index contributed by atoms with van der Waals surface area (Å²) in [5.41, 5.74) is 0. The Kier molecular flexibility index (Phi) is 8.39. The molecule has 0 aliphatic carbocycles. The fourth-order valence-corrected chi connectivity index (χ4v) is 3.22. The average Bonchev–Trinajstić information content (AvgIpc) is 2.48. The molecule has 2 heterocycles. The number of nitrogens with one attached hydrogen (secondary N) is 1. The number of hydrogen-bond acceptors (Lipinski definition) is 5. The van der Waals surface area contributed by atoms with Gasteiger partial charge in [0.15, 0.2) is 0 Å². The van der Waals surface area contributed by atoms with E-state index in [2.05, 4.69) is 5.32 Å². The Bertz CT molecular complexity index is 354. The zero-order valence-electron chi connectivity index (χ0n) is 12.4. The lowest BCUT2D eigenvalue weighted by Gasteiger charge is -2.34. The Morgan fingerprint density at radius 1 is 1.19 bits per heavy atom. The summed E-state index contributed by atoms with van der Waals surface area (Å²) in [6.45, 7) is 7.09. The zero-order valence-corrected chi connectivity index (χ0v) is 14.0. The van der Waals surface area contributed by atoms with Gasteiger partial charge in [0, 0.05) is 38.8 Å². The van der Waals surface area contributed by atoms with Crippen molar-refractivity contribution in [2.24, 2.45) is 0 Å². The third-order valence-corrected chi connectivity index (χ3v) is 4.54. The van der Waals surface area contributed by atoms with Crippen molar-refractivity contribution in [3.8, 4) is 0 Å². The van der Waals surface area contributed by atoms with Gasteiger partial charge in [-0.05, 0) is 6.92 Å². The highest BCUT2D eigenvalue weighted by Gasteiger charge is 2.23. The number of rotatable bonds is 4. The summed E-state index contributed by atoms with van der Waals surface area (Å²) in [6.07, 6.45) is 0. The molecule has 0 aromatic carbocycles. The summed E-state index contributed by atoms with van der Waals surface area (Å²) in [4.78, 5) is 27.8. The van der Waals surface area contributed by atoms with E-state index in [-0.39, 0.29) is 30.3 Å². The molecule has 6 nitrogen and oxygen atoms in total. The van der Waals surface area contributed by atoms with Crippen molar-refractivity contribution >= 4 is 36.0 Å². The molecule has 0 radical (unpaired) electrons. The smallest absolute Gasteiger partial charge is 0.232 e. The van der Waals surface area contributed by atoms with Gasteiger partial charge in [0.2, 0.25) is 11.8 Å². The summed E-state index contributed by atoms with van der Waals surface area (Å²) in [7, 11) is 0. The highest BCUT2D eigenvalue weighted by atomic mass is 35.5. The van der Waals surface area contributed by atoms with Crippen molar-refractivity contribution in [3.63, 3.8) is 0 Å². The molecule has 0 bridgehead atoms. The first-order valence-corrected chi connectivity index (χ1v) is 8.27. The Morgan fingerprint density at radius 3 is 2.52 bits per heavy atom. The Morgan fingerprint density at radius 2 is 1.86 bits per heavy atom. The molecule has 0 spiro atoms. The highest BCUT2D eigenvalue weighted by molar-refractivity contribution is 8.00. The van der Waals surface area contributed by atoms with E-state index in [0.717, 1.165) is 19.6 Å². The molecule has 2 fully saturated rings. The van der Waals surface area contributed by atoms with Crippen molar-refractivity contribution in [2.75, 3.05) is 57.4 Å². The van der Waals surface area contributed by atoms with Crippen LogP contribution >= 0.6 is 24.2 Å². The number of piperazine rings is 1. The van der Waals surface area contributed by atoms with Crippen LogP contribution in [0.4, 0.5) is 0 Å². The molecule has 1 N–H and O–H groups in total. The van der Waals surface area contributed by atoms with Crippen LogP contribution in [0.15, 0.2) is 0 Å². The second kappa shape index (κ2) is 9.50. The summed E-state index contributed by atoms with van der Waals surface area (Å²) in [6, 6.07) is 0.242. The van der Waals surface area contributed by atoms with Crippen LogP contribution in [0.5, 0.6) is 0 Å². The number of amides is 2. The monoisotopic (exact) mass is 337 g/mol. The van der Waals surface area contributed by atoms with Crippen LogP contribution in [0.25, 0.3) is 0 Å². The van der Waals surface area contributed by atoms with E-state index in [1.807, 2.05) is 16.7 Å². The van der Waals surface area contributed by atoms with Gasteiger partial charge in [0.1, 0.15) is 0 Å². The van der Waals surface area contributed by atoms with Crippen molar-refractivity contribution in [1.29, 1.82) is 0 Å². The van der Waals surface area contributed by atoms with Gasteiger partial charge < -0.3 is 19.9 Å². The third-order valence-electron chi connectivity index (χ3n) is 3.64. The maximum Gasteiger partial charge on any atom is 0.232 e. The molecule has 122 valence electrons. The topological polar surface area (TPSA) is 61.9 Å². The molecule has 1 unspecified atom stereocenters. The molecular formula is C13H24ClN3O3S. The molecule has 2 aliphatic rings. The lowest BCUT2D eigenvalue weighted by Crippen LogP contribution is -2.52. The molecule has 2 rings (SSSR count). The second-order valence-corrected chi connectivity index (χ2v) is 6.11. The number of carbonyl (C=O) groups is 2. The number of carbonyl (C=O) groups excluding carboxylic acids is 2. The molecule has 2 amide bonds. The Balaban J connectivity index is 0.00000220. The van der Waals surface area contributed by atoms with E-state index in [1.54, 1.807) is 0 Å². The number of halogens is 1. The standard InChI is InChI=1S/C13H23N3O3S.ClH/c1-11-8-14-2-3-16(11)13(18)10-20-9-12(17)15-4-6-19-7-5-15;/h11,14H,2-10H2,1H3;1H. The van der Waals surface area contributed by atoms with Crippen LogP contribution in [0.1, 0.15) is 6.92 Å². The molecule has 0 saturated carbocycles. The first kappa shape index (κ1) is 18.5. The SMILES string of the molecule is CC1CNCCN1C(=O)CSCC(=O)N1CCOCC1.Cl. The first-order valence-electron chi connectivity index (χ1n) is 7.12. The van der Waals surface area contributed by atoms with Crippen molar-refractivity contribution in [2.45, 2.75) is 13.0 Å². The summed E-state index contributed by atoms with van der Waals surface area (Å²) in [5.74, 6) is 1.02. The van der Waals surface area contributed by atoms with Crippen LogP contribution < -0.4 is 5.32 Å². The van der Waals surface area contributed by atoms with Crippen LogP contribution in [0.2, 0.25) is 0 Å². The molecular weight excluding hydrogens is 314 g/mol. The zero-order chi connectivity index (χ0) is 14.4. The lowest BCUT2D eigenvalue weighted by atomic mass is 10.2. The minimum absolute atomic E-state index is 0. The maximum absolute atomic E-state index is 12.1. The normalized spacial score (nSPS) is 22.6. The molecule has 8 heteroatoms. The molecule has 1 atom stereocenters. The van der Waals surface area contributed by atoms with Gasteiger partial charge in [-0.25, -0.2) is 0 Å². The van der Waals surface area contributed by atoms with Crippen LogP contribution in [-0.4, -0.2) is 85.1 Å². The van der Waals surface area contributed by atoms with Gasteiger partial charge in [-0.3, -0.25) is 9.59 Å². The van der Waals surface area contributed by atoms with E-state index < -0.39 is 0 Å². The number of morpholine rings is 1. The van der Waals surface area contributed by atoms with Crippen molar-refractivity contribution < 1.29 is 14.3 Å². The molecule has 0 aromatic rings. The van der Waals surface area contributed by atoms with E-state index in [9.17, 15) is 9.59 Å². The summed E-state index contributed by atoms with van der Waals surface area (Å²) < 4.78 is 5.22. The highest BCUT2D eigenvalue weighted by Crippen LogP contribution is 2.09. The number of ether oxygens (including phenoxy) is 1. The average molecular weight is 338 g/mol. The molecule has 2 aliphatic heterocycles. The third kappa shape index (κ3) is 5.65. The first-order chi connectivity index (χ1) is 9.68. The lowest BCUT2D eigenvalue weighted by molar-refractivity contribution is -0.132. The predicted octanol–water partition coefficient (Wildman–Crippen LogP) is -0.179. The molecule has 21 heavy (non-hydrogen) atoms. The van der Waals surface area contributed by atoms with Gasteiger partial charge in [-0.1, -0.05) is 0 Å². The Hall–Kier alpha value is -0.500. The fourth-order valence-electron chi connectivity index (χ4n) is 2.42. The van der Waals surface area contributed by atoms with E-state index in [1.165, 1.54) is 11.8 Å². The predicted molar refractivity (Wildman–Crippen MR) is 86.0 cm³/mol.